The third-order valence-electron chi connectivity index (χ3n) is 3.85. The van der Waals surface area contributed by atoms with Gasteiger partial charge < -0.3 is 14.2 Å². The molecule has 0 spiro atoms. The van der Waals surface area contributed by atoms with E-state index in [4.69, 9.17) is 19.3 Å². The summed E-state index contributed by atoms with van der Waals surface area (Å²) in [6.45, 7) is 0.0410. The van der Waals surface area contributed by atoms with E-state index in [1.807, 2.05) is 30.3 Å². The smallest absolute Gasteiger partial charge is 0.362 e. The van der Waals surface area contributed by atoms with E-state index in [1.165, 1.54) is 36.1 Å². The summed E-state index contributed by atoms with van der Waals surface area (Å²) < 4.78 is 39.8. The molecule has 1 heterocycles. The van der Waals surface area contributed by atoms with E-state index in [0.717, 1.165) is 5.69 Å². The summed E-state index contributed by atoms with van der Waals surface area (Å²) in [5.41, 5.74) is 0.824. The van der Waals surface area contributed by atoms with Gasteiger partial charge in [0.25, 0.3) is 0 Å². The third-order valence-corrected chi connectivity index (χ3v) is 4.78. The minimum Gasteiger partial charge on any atom is -0.493 e. The van der Waals surface area contributed by atoms with E-state index in [1.54, 1.807) is 6.20 Å². The molecule has 10 heteroatoms. The Labute approximate surface area is 167 Å². The number of ether oxygens (including phenoxy) is 3. The van der Waals surface area contributed by atoms with Gasteiger partial charge >= 0.3 is 5.97 Å². The molecule has 0 radical (unpaired) electrons. The van der Waals surface area contributed by atoms with Crippen molar-refractivity contribution in [3.8, 4) is 17.2 Å². The van der Waals surface area contributed by atoms with E-state index in [0.29, 0.717) is 11.5 Å². The van der Waals surface area contributed by atoms with Crippen LogP contribution in [0.15, 0.2) is 65.7 Å². The van der Waals surface area contributed by atoms with Crippen molar-refractivity contribution in [2.75, 3.05) is 20.3 Å². The molecule has 29 heavy (non-hydrogen) atoms. The molecular weight excluding hydrogens is 398 g/mol. The lowest BCUT2D eigenvalue weighted by molar-refractivity contribution is 0.0439. The number of esters is 1. The SMILES string of the molecule is COc1cn(-c2ccccc2)nc1C(=O)OCCOc1ccc(S(N)(=O)=O)cc1. The standard InChI is InChI=1S/C19H19N3O6S/c1-26-17-13-22(14-5-3-2-4-6-14)21-18(17)19(23)28-12-11-27-15-7-9-16(10-8-15)29(20,24)25/h2-10,13H,11-12H2,1H3,(H2,20,24,25). The highest BCUT2D eigenvalue weighted by Gasteiger charge is 2.20. The fraction of sp³-hybridized carbons (Fsp3) is 0.158. The maximum absolute atomic E-state index is 12.3. The van der Waals surface area contributed by atoms with Crippen molar-refractivity contribution >= 4 is 16.0 Å². The molecule has 0 fully saturated rings. The minimum atomic E-state index is -3.76. The van der Waals surface area contributed by atoms with Crippen LogP contribution in [0.2, 0.25) is 0 Å². The molecule has 3 rings (SSSR count). The monoisotopic (exact) mass is 417 g/mol. The number of aromatic nitrogens is 2. The van der Waals surface area contributed by atoms with Gasteiger partial charge in [0, 0.05) is 0 Å². The highest BCUT2D eigenvalue weighted by atomic mass is 32.2. The normalized spacial score (nSPS) is 11.1. The molecule has 3 aromatic rings. The average Bonchev–Trinajstić information content (AvgIpc) is 3.16. The highest BCUT2D eigenvalue weighted by molar-refractivity contribution is 7.89. The first kappa shape index (κ1) is 20.4. The molecule has 0 atom stereocenters. The Morgan fingerprint density at radius 3 is 2.38 bits per heavy atom. The molecule has 0 amide bonds. The number of benzene rings is 2. The molecule has 152 valence electrons. The number of carbonyl (C=O) groups excluding carboxylic acids is 1. The van der Waals surface area contributed by atoms with Crippen LogP contribution >= 0.6 is 0 Å². The predicted molar refractivity (Wildman–Crippen MR) is 104 cm³/mol. The lowest BCUT2D eigenvalue weighted by Crippen LogP contribution is -2.14. The first-order chi connectivity index (χ1) is 13.9. The van der Waals surface area contributed by atoms with Crippen molar-refractivity contribution in [2.45, 2.75) is 4.90 Å². The molecule has 2 N–H and O–H groups in total. The van der Waals surface area contributed by atoms with Crippen LogP contribution in [0.1, 0.15) is 10.5 Å². The average molecular weight is 417 g/mol. The van der Waals surface area contributed by atoms with Crippen molar-refractivity contribution in [1.82, 2.24) is 9.78 Å². The van der Waals surface area contributed by atoms with Crippen molar-refractivity contribution in [1.29, 1.82) is 0 Å². The number of primary sulfonamides is 1. The molecule has 0 aliphatic rings. The fourth-order valence-corrected chi connectivity index (χ4v) is 2.97. The summed E-state index contributed by atoms with van der Waals surface area (Å²) in [5.74, 6) is 0.0578. The number of carbonyl (C=O) groups is 1. The molecule has 0 aliphatic heterocycles. The second kappa shape index (κ2) is 8.76. The van der Waals surface area contributed by atoms with Gasteiger partial charge in [-0.2, -0.15) is 5.10 Å². The van der Waals surface area contributed by atoms with Gasteiger partial charge in [0.15, 0.2) is 5.75 Å². The van der Waals surface area contributed by atoms with Crippen LogP contribution in [-0.2, 0) is 14.8 Å². The zero-order valence-electron chi connectivity index (χ0n) is 15.5. The zero-order chi connectivity index (χ0) is 20.9. The van der Waals surface area contributed by atoms with Crippen LogP contribution in [0.5, 0.6) is 11.5 Å². The molecule has 1 aromatic heterocycles. The molecule has 0 aliphatic carbocycles. The molecule has 0 bridgehead atoms. The van der Waals surface area contributed by atoms with Gasteiger partial charge in [-0.1, -0.05) is 18.2 Å². The maximum atomic E-state index is 12.3. The van der Waals surface area contributed by atoms with Crippen LogP contribution in [0, 0.1) is 0 Å². The predicted octanol–water partition coefficient (Wildman–Crippen LogP) is 1.76. The topological polar surface area (TPSA) is 123 Å². The summed E-state index contributed by atoms with van der Waals surface area (Å²) in [4.78, 5) is 12.3. The summed E-state index contributed by atoms with van der Waals surface area (Å²) in [7, 11) is -2.32. The van der Waals surface area contributed by atoms with Crippen LogP contribution in [0.4, 0.5) is 0 Å². The van der Waals surface area contributed by atoms with Crippen LogP contribution in [0.3, 0.4) is 0 Å². The quantitative estimate of drug-likeness (QED) is 0.438. The van der Waals surface area contributed by atoms with Gasteiger partial charge in [0.05, 0.1) is 23.9 Å². The van der Waals surface area contributed by atoms with Crippen LogP contribution in [0.25, 0.3) is 5.69 Å². The van der Waals surface area contributed by atoms with E-state index >= 15 is 0 Å². The minimum absolute atomic E-state index is 0.0163. The molecule has 0 unspecified atom stereocenters. The Kier molecular flexibility index (Phi) is 6.15. The number of hydrogen-bond donors (Lipinski definition) is 1. The summed E-state index contributed by atoms with van der Waals surface area (Å²) in [6.07, 6.45) is 1.59. The van der Waals surface area contributed by atoms with Crippen molar-refractivity contribution in [2.24, 2.45) is 5.14 Å². The second-order valence-electron chi connectivity index (χ2n) is 5.83. The third kappa shape index (κ3) is 5.12. The van der Waals surface area contributed by atoms with Crippen molar-refractivity contribution < 1.29 is 27.4 Å². The van der Waals surface area contributed by atoms with Gasteiger partial charge in [-0.3, -0.25) is 0 Å². The molecule has 9 nitrogen and oxygen atoms in total. The largest absolute Gasteiger partial charge is 0.493 e. The lowest BCUT2D eigenvalue weighted by Gasteiger charge is -2.07. The number of rotatable bonds is 8. The first-order valence-electron chi connectivity index (χ1n) is 8.50. The van der Waals surface area contributed by atoms with Gasteiger partial charge in [-0.15, -0.1) is 0 Å². The molecular formula is C19H19N3O6S. The van der Waals surface area contributed by atoms with E-state index in [9.17, 15) is 13.2 Å². The molecule has 0 saturated carbocycles. The van der Waals surface area contributed by atoms with E-state index in [2.05, 4.69) is 5.10 Å². The Morgan fingerprint density at radius 1 is 1.07 bits per heavy atom. The maximum Gasteiger partial charge on any atom is 0.362 e. The Hall–Kier alpha value is -3.37. The summed E-state index contributed by atoms with van der Waals surface area (Å²) in [6, 6.07) is 14.9. The molecule has 2 aromatic carbocycles. The Balaban J connectivity index is 1.56. The van der Waals surface area contributed by atoms with Crippen molar-refractivity contribution in [3.63, 3.8) is 0 Å². The highest BCUT2D eigenvalue weighted by Crippen LogP contribution is 2.20. The first-order valence-corrected chi connectivity index (χ1v) is 10.0. The van der Waals surface area contributed by atoms with Gasteiger partial charge in [0.1, 0.15) is 19.0 Å². The number of sulfonamides is 1. The number of hydrogen-bond acceptors (Lipinski definition) is 7. The zero-order valence-corrected chi connectivity index (χ0v) is 16.3. The van der Waals surface area contributed by atoms with E-state index in [-0.39, 0.29) is 23.8 Å². The van der Waals surface area contributed by atoms with Gasteiger partial charge in [0.2, 0.25) is 15.7 Å². The van der Waals surface area contributed by atoms with Crippen LogP contribution in [-0.4, -0.2) is 44.5 Å². The fourth-order valence-electron chi connectivity index (χ4n) is 2.45. The second-order valence-corrected chi connectivity index (χ2v) is 7.39. The summed E-state index contributed by atoms with van der Waals surface area (Å²) >= 11 is 0. The Morgan fingerprint density at radius 2 is 1.76 bits per heavy atom. The summed E-state index contributed by atoms with van der Waals surface area (Å²) in [5, 5.41) is 9.26. The number of nitrogens with zero attached hydrogens (tertiary/aromatic N) is 2. The Bertz CT molecular complexity index is 1080. The number of nitrogens with two attached hydrogens (primary N) is 1. The van der Waals surface area contributed by atoms with Crippen LogP contribution < -0.4 is 14.6 Å². The van der Waals surface area contributed by atoms with E-state index < -0.39 is 16.0 Å². The van der Waals surface area contributed by atoms with Gasteiger partial charge in [-0.25, -0.2) is 23.0 Å². The molecule has 0 saturated heterocycles. The van der Waals surface area contributed by atoms with Gasteiger partial charge in [-0.05, 0) is 36.4 Å². The lowest BCUT2D eigenvalue weighted by atomic mass is 10.3. The van der Waals surface area contributed by atoms with Crippen molar-refractivity contribution in [3.05, 3.63) is 66.5 Å². The number of methoxy groups -OCH3 is 1. The number of para-hydroxylation sites is 1.